The van der Waals surface area contributed by atoms with Crippen molar-refractivity contribution in [2.45, 2.75) is 40.6 Å². The highest BCUT2D eigenvalue weighted by molar-refractivity contribution is 5.28. The summed E-state index contributed by atoms with van der Waals surface area (Å²) in [5.74, 6) is 0.342. The average Bonchev–Trinajstić information content (AvgIpc) is 2.26. The minimum Gasteiger partial charge on any atom is -0.406 e. The van der Waals surface area contributed by atoms with Crippen LogP contribution in [0, 0.1) is 11.3 Å². The molecule has 0 fully saturated rings. The van der Waals surface area contributed by atoms with Crippen LogP contribution in [0.3, 0.4) is 0 Å². The molecule has 0 radical (unpaired) electrons. The second-order valence-corrected chi connectivity index (χ2v) is 5.94. The summed E-state index contributed by atoms with van der Waals surface area (Å²) >= 11 is 0. The summed E-state index contributed by atoms with van der Waals surface area (Å²) in [6, 6.07) is 6.04. The van der Waals surface area contributed by atoms with Crippen LogP contribution in [0.25, 0.3) is 0 Å². The Morgan fingerprint density at radius 1 is 1.20 bits per heavy atom. The Morgan fingerprint density at radius 2 is 1.85 bits per heavy atom. The quantitative estimate of drug-likeness (QED) is 0.840. The highest BCUT2D eigenvalue weighted by Gasteiger charge is 2.31. The third-order valence-corrected chi connectivity index (χ3v) is 3.60. The Labute approximate surface area is 118 Å². The second kappa shape index (κ2) is 6.48. The fourth-order valence-electron chi connectivity index (χ4n) is 1.59. The number of rotatable bonds is 6. The van der Waals surface area contributed by atoms with Gasteiger partial charge in [0.15, 0.2) is 0 Å². The molecule has 0 aliphatic carbocycles. The number of nitrogens with one attached hydrogen (secondary N) is 1. The summed E-state index contributed by atoms with van der Waals surface area (Å²) in [5.41, 5.74) is 0.909. The highest BCUT2D eigenvalue weighted by Crippen LogP contribution is 2.25. The summed E-state index contributed by atoms with van der Waals surface area (Å²) in [4.78, 5) is 0. The third kappa shape index (κ3) is 5.82. The maximum absolute atomic E-state index is 12.1. The summed E-state index contributed by atoms with van der Waals surface area (Å²) in [6.45, 7) is 9.95. The molecule has 5 heteroatoms. The zero-order valence-electron chi connectivity index (χ0n) is 12.3. The van der Waals surface area contributed by atoms with Gasteiger partial charge in [0.25, 0.3) is 0 Å². The van der Waals surface area contributed by atoms with E-state index in [0.29, 0.717) is 12.5 Å². The third-order valence-electron chi connectivity index (χ3n) is 3.60. The van der Waals surface area contributed by atoms with E-state index in [9.17, 15) is 13.2 Å². The normalized spacial score (nSPS) is 12.8. The van der Waals surface area contributed by atoms with Crippen LogP contribution in [0.15, 0.2) is 24.3 Å². The summed E-state index contributed by atoms with van der Waals surface area (Å²) < 4.78 is 40.3. The molecule has 0 saturated heterocycles. The summed E-state index contributed by atoms with van der Waals surface area (Å²) in [7, 11) is 0. The van der Waals surface area contributed by atoms with Gasteiger partial charge in [0.2, 0.25) is 0 Å². The van der Waals surface area contributed by atoms with Crippen molar-refractivity contribution in [3.8, 4) is 5.75 Å². The van der Waals surface area contributed by atoms with E-state index in [4.69, 9.17) is 0 Å². The predicted molar refractivity (Wildman–Crippen MR) is 73.5 cm³/mol. The molecule has 1 aromatic rings. The lowest BCUT2D eigenvalue weighted by Gasteiger charge is -2.29. The molecule has 1 N–H and O–H groups in total. The zero-order valence-corrected chi connectivity index (χ0v) is 12.3. The fraction of sp³-hybridized carbons (Fsp3) is 0.600. The van der Waals surface area contributed by atoms with Gasteiger partial charge in [-0.25, -0.2) is 0 Å². The molecule has 0 aliphatic heterocycles. The van der Waals surface area contributed by atoms with Gasteiger partial charge >= 0.3 is 6.36 Å². The molecule has 0 spiro atoms. The molecule has 0 atom stereocenters. The van der Waals surface area contributed by atoms with Gasteiger partial charge in [0.05, 0.1) is 0 Å². The maximum Gasteiger partial charge on any atom is 0.573 e. The van der Waals surface area contributed by atoms with Crippen molar-refractivity contribution in [3.63, 3.8) is 0 Å². The van der Waals surface area contributed by atoms with Gasteiger partial charge in [-0.3, -0.25) is 0 Å². The molecule has 0 unspecified atom stereocenters. The minimum atomic E-state index is -4.65. The summed E-state index contributed by atoms with van der Waals surface area (Å²) in [6.07, 6.45) is -4.65. The first-order valence-electron chi connectivity index (χ1n) is 6.65. The van der Waals surface area contributed by atoms with Gasteiger partial charge in [-0.15, -0.1) is 13.2 Å². The van der Waals surface area contributed by atoms with Crippen LogP contribution in [0.1, 0.15) is 33.3 Å². The molecule has 2 nitrogen and oxygen atoms in total. The van der Waals surface area contributed by atoms with Crippen LogP contribution in [-0.4, -0.2) is 12.9 Å². The molecule has 0 aromatic heterocycles. The number of hydrogen-bond acceptors (Lipinski definition) is 2. The van der Waals surface area contributed by atoms with Gasteiger partial charge in [0.1, 0.15) is 5.75 Å². The molecule has 0 amide bonds. The van der Waals surface area contributed by atoms with Gasteiger partial charge in [-0.1, -0.05) is 39.8 Å². The number of benzene rings is 1. The monoisotopic (exact) mass is 289 g/mol. The van der Waals surface area contributed by atoms with Crippen molar-refractivity contribution in [2.24, 2.45) is 11.3 Å². The van der Waals surface area contributed by atoms with E-state index in [2.05, 4.69) is 37.7 Å². The van der Waals surface area contributed by atoms with Crippen molar-refractivity contribution >= 4 is 0 Å². The SMILES string of the molecule is CC(C)C(C)(C)CNCc1cccc(OC(F)(F)F)c1. The second-order valence-electron chi connectivity index (χ2n) is 5.94. The first-order valence-corrected chi connectivity index (χ1v) is 6.65. The highest BCUT2D eigenvalue weighted by atomic mass is 19.4. The van der Waals surface area contributed by atoms with Gasteiger partial charge in [-0.2, -0.15) is 0 Å². The van der Waals surface area contributed by atoms with Crippen LogP contribution in [-0.2, 0) is 6.54 Å². The topological polar surface area (TPSA) is 21.3 Å². The Kier molecular flexibility index (Phi) is 5.45. The van der Waals surface area contributed by atoms with Crippen molar-refractivity contribution in [2.75, 3.05) is 6.54 Å². The average molecular weight is 289 g/mol. The predicted octanol–water partition coefficient (Wildman–Crippen LogP) is 4.36. The number of hydrogen-bond donors (Lipinski definition) is 1. The van der Waals surface area contributed by atoms with E-state index in [1.54, 1.807) is 12.1 Å². The lowest BCUT2D eigenvalue weighted by molar-refractivity contribution is -0.274. The number of halogens is 3. The van der Waals surface area contributed by atoms with E-state index < -0.39 is 6.36 Å². The standard InChI is InChI=1S/C15H22F3NO/c1-11(2)14(3,4)10-19-9-12-6-5-7-13(8-12)20-15(16,17)18/h5-8,11,19H,9-10H2,1-4H3. The van der Waals surface area contributed by atoms with Crippen LogP contribution < -0.4 is 10.1 Å². The summed E-state index contributed by atoms with van der Waals surface area (Å²) in [5, 5.41) is 3.28. The Morgan fingerprint density at radius 3 is 2.40 bits per heavy atom. The van der Waals surface area contributed by atoms with Crippen LogP contribution in [0.2, 0.25) is 0 Å². The van der Waals surface area contributed by atoms with Crippen molar-refractivity contribution in [1.82, 2.24) is 5.32 Å². The van der Waals surface area contributed by atoms with Crippen LogP contribution >= 0.6 is 0 Å². The molecule has 0 bridgehead atoms. The molecule has 1 rings (SSSR count). The fourth-order valence-corrected chi connectivity index (χ4v) is 1.59. The Bertz CT molecular complexity index is 427. The van der Waals surface area contributed by atoms with E-state index in [1.165, 1.54) is 12.1 Å². The van der Waals surface area contributed by atoms with E-state index >= 15 is 0 Å². The lowest BCUT2D eigenvalue weighted by Crippen LogP contribution is -2.33. The molecule has 20 heavy (non-hydrogen) atoms. The van der Waals surface area contributed by atoms with Crippen LogP contribution in [0.4, 0.5) is 13.2 Å². The minimum absolute atomic E-state index is 0.139. The van der Waals surface area contributed by atoms with E-state index in [0.717, 1.165) is 12.1 Å². The van der Waals surface area contributed by atoms with Gasteiger partial charge < -0.3 is 10.1 Å². The van der Waals surface area contributed by atoms with E-state index in [1.807, 2.05) is 0 Å². The van der Waals surface area contributed by atoms with Crippen LogP contribution in [0.5, 0.6) is 5.75 Å². The van der Waals surface area contributed by atoms with Gasteiger partial charge in [0, 0.05) is 13.1 Å². The van der Waals surface area contributed by atoms with E-state index in [-0.39, 0.29) is 11.2 Å². The zero-order chi connectivity index (χ0) is 15.4. The molecule has 114 valence electrons. The first-order chi connectivity index (χ1) is 9.10. The smallest absolute Gasteiger partial charge is 0.406 e. The molecule has 0 saturated carbocycles. The van der Waals surface area contributed by atoms with Crippen molar-refractivity contribution in [3.05, 3.63) is 29.8 Å². The molecule has 0 heterocycles. The molecule has 1 aromatic carbocycles. The molecule has 0 aliphatic rings. The first kappa shape index (κ1) is 16.8. The largest absolute Gasteiger partial charge is 0.573 e. The molecular formula is C15H22F3NO. The maximum atomic E-state index is 12.1. The van der Waals surface area contributed by atoms with Crippen molar-refractivity contribution < 1.29 is 17.9 Å². The number of alkyl halides is 3. The lowest BCUT2D eigenvalue weighted by atomic mass is 9.81. The Balaban J connectivity index is 2.55. The molecular weight excluding hydrogens is 267 g/mol. The van der Waals surface area contributed by atoms with Gasteiger partial charge in [-0.05, 0) is 29.0 Å². The van der Waals surface area contributed by atoms with Crippen molar-refractivity contribution in [1.29, 1.82) is 0 Å². The Hall–Kier alpha value is -1.23. The number of ether oxygens (including phenoxy) is 1.